The van der Waals surface area contributed by atoms with E-state index in [0.717, 1.165) is 17.2 Å². The van der Waals surface area contributed by atoms with Crippen LogP contribution >= 0.6 is 11.6 Å². The predicted molar refractivity (Wildman–Crippen MR) is 118 cm³/mol. The molecule has 9 heteroatoms. The number of anilines is 1. The van der Waals surface area contributed by atoms with Gasteiger partial charge in [-0.15, -0.1) is 0 Å². The highest BCUT2D eigenvalue weighted by atomic mass is 35.5. The lowest BCUT2D eigenvalue weighted by Gasteiger charge is -2.09. The number of methoxy groups -OCH3 is 1. The molecule has 0 unspecified atom stereocenters. The van der Waals surface area contributed by atoms with Crippen molar-refractivity contribution in [2.75, 3.05) is 12.4 Å². The molecule has 0 saturated heterocycles. The van der Waals surface area contributed by atoms with Gasteiger partial charge in [0, 0.05) is 23.4 Å². The molecule has 4 rings (SSSR count). The second-order valence-corrected chi connectivity index (χ2v) is 7.25. The predicted octanol–water partition coefficient (Wildman–Crippen LogP) is 5.13. The number of pyridine rings is 1. The van der Waals surface area contributed by atoms with Gasteiger partial charge in [-0.2, -0.15) is 0 Å². The SMILES string of the molecule is COc1ccc(-c2nc3cc(C)ccn3c2NC(=O)c2ccc(Cl)c([N+](=O)[O-])c2)cc1. The van der Waals surface area contributed by atoms with E-state index in [2.05, 4.69) is 10.3 Å². The summed E-state index contributed by atoms with van der Waals surface area (Å²) in [5.41, 5.74) is 2.79. The fourth-order valence-corrected chi connectivity index (χ4v) is 3.38. The van der Waals surface area contributed by atoms with Gasteiger partial charge < -0.3 is 10.1 Å². The van der Waals surface area contributed by atoms with E-state index in [9.17, 15) is 14.9 Å². The van der Waals surface area contributed by atoms with Gasteiger partial charge in [0.15, 0.2) is 0 Å². The van der Waals surface area contributed by atoms with Crippen LogP contribution in [0.4, 0.5) is 11.5 Å². The summed E-state index contributed by atoms with van der Waals surface area (Å²) >= 11 is 5.86. The standard InChI is InChI=1S/C22H17ClN4O4/c1-13-9-10-26-19(11-13)24-20(14-3-6-16(31-2)7-4-14)21(26)25-22(28)15-5-8-17(23)18(12-15)27(29)30/h3-12H,1-2H3,(H,25,28). The molecule has 2 aromatic carbocycles. The molecule has 0 aliphatic carbocycles. The van der Waals surface area contributed by atoms with Crippen LogP contribution in [0.2, 0.25) is 5.02 Å². The number of nitro groups is 1. The summed E-state index contributed by atoms with van der Waals surface area (Å²) in [5, 5.41) is 14.0. The van der Waals surface area contributed by atoms with E-state index in [1.54, 1.807) is 23.6 Å². The van der Waals surface area contributed by atoms with E-state index in [-0.39, 0.29) is 16.3 Å². The number of fused-ring (bicyclic) bond motifs is 1. The van der Waals surface area contributed by atoms with Crippen molar-refractivity contribution in [3.05, 3.63) is 87.1 Å². The summed E-state index contributed by atoms with van der Waals surface area (Å²) in [7, 11) is 1.58. The summed E-state index contributed by atoms with van der Waals surface area (Å²) in [5.74, 6) is 0.627. The maximum absolute atomic E-state index is 13.0. The molecular formula is C22H17ClN4O4. The van der Waals surface area contributed by atoms with Crippen molar-refractivity contribution in [3.63, 3.8) is 0 Å². The number of benzene rings is 2. The van der Waals surface area contributed by atoms with E-state index < -0.39 is 10.8 Å². The third kappa shape index (κ3) is 3.93. The van der Waals surface area contributed by atoms with Crippen LogP contribution in [0.15, 0.2) is 60.8 Å². The maximum atomic E-state index is 13.0. The smallest absolute Gasteiger partial charge is 0.288 e. The molecule has 0 atom stereocenters. The number of halogens is 1. The first-order valence-corrected chi connectivity index (χ1v) is 9.63. The lowest BCUT2D eigenvalue weighted by atomic mass is 10.1. The first-order valence-electron chi connectivity index (χ1n) is 9.26. The molecule has 0 fully saturated rings. The summed E-state index contributed by atoms with van der Waals surface area (Å²) < 4.78 is 6.97. The zero-order chi connectivity index (χ0) is 22.1. The summed E-state index contributed by atoms with van der Waals surface area (Å²) in [6.45, 7) is 1.95. The first-order chi connectivity index (χ1) is 14.9. The minimum Gasteiger partial charge on any atom is -0.497 e. The van der Waals surface area contributed by atoms with E-state index in [4.69, 9.17) is 16.3 Å². The highest BCUT2D eigenvalue weighted by Gasteiger charge is 2.20. The number of carbonyl (C=O) groups is 1. The number of rotatable bonds is 5. The number of nitro benzene ring substituents is 1. The van der Waals surface area contributed by atoms with E-state index in [1.165, 1.54) is 12.1 Å². The molecule has 1 amide bonds. The van der Waals surface area contributed by atoms with Gasteiger partial charge in [-0.25, -0.2) is 4.98 Å². The Morgan fingerprint density at radius 2 is 1.90 bits per heavy atom. The average Bonchev–Trinajstić information content (AvgIpc) is 3.11. The molecule has 1 N–H and O–H groups in total. The summed E-state index contributed by atoms with van der Waals surface area (Å²) in [4.78, 5) is 28.2. The highest BCUT2D eigenvalue weighted by molar-refractivity contribution is 6.32. The van der Waals surface area contributed by atoms with Gasteiger partial charge in [0.1, 0.15) is 27.9 Å². The Bertz CT molecular complexity index is 1320. The van der Waals surface area contributed by atoms with Gasteiger partial charge in [-0.1, -0.05) is 11.6 Å². The van der Waals surface area contributed by atoms with Crippen molar-refractivity contribution in [2.45, 2.75) is 6.92 Å². The number of aromatic nitrogens is 2. The Morgan fingerprint density at radius 1 is 1.16 bits per heavy atom. The van der Waals surface area contributed by atoms with Gasteiger partial charge in [0.2, 0.25) is 0 Å². The van der Waals surface area contributed by atoms with Gasteiger partial charge >= 0.3 is 0 Å². The number of aryl methyl sites for hydroxylation is 1. The van der Waals surface area contributed by atoms with Crippen molar-refractivity contribution in [1.82, 2.24) is 9.38 Å². The Morgan fingerprint density at radius 3 is 2.58 bits per heavy atom. The molecule has 31 heavy (non-hydrogen) atoms. The van der Waals surface area contributed by atoms with Crippen LogP contribution in [0, 0.1) is 17.0 Å². The molecule has 2 aromatic heterocycles. The fourth-order valence-electron chi connectivity index (χ4n) is 3.19. The molecule has 0 radical (unpaired) electrons. The van der Waals surface area contributed by atoms with E-state index >= 15 is 0 Å². The highest BCUT2D eigenvalue weighted by Crippen LogP contribution is 2.31. The molecular weight excluding hydrogens is 420 g/mol. The number of hydrogen-bond acceptors (Lipinski definition) is 5. The van der Waals surface area contributed by atoms with Gasteiger partial charge in [0.05, 0.1) is 12.0 Å². The normalized spacial score (nSPS) is 10.8. The van der Waals surface area contributed by atoms with Crippen molar-refractivity contribution in [3.8, 4) is 17.0 Å². The molecule has 0 aliphatic rings. The van der Waals surface area contributed by atoms with Crippen molar-refractivity contribution in [2.24, 2.45) is 0 Å². The van der Waals surface area contributed by atoms with Crippen LogP contribution in [0.1, 0.15) is 15.9 Å². The lowest BCUT2D eigenvalue weighted by molar-refractivity contribution is -0.384. The molecule has 0 aliphatic heterocycles. The topological polar surface area (TPSA) is 98.8 Å². The molecule has 0 bridgehead atoms. The molecule has 8 nitrogen and oxygen atoms in total. The Labute approximate surface area is 182 Å². The first kappa shape index (κ1) is 20.4. The van der Waals surface area contributed by atoms with Crippen molar-refractivity contribution in [1.29, 1.82) is 0 Å². The number of nitrogens with zero attached hydrogens (tertiary/aromatic N) is 3. The van der Waals surface area contributed by atoms with Crippen molar-refractivity contribution >= 4 is 34.7 Å². The zero-order valence-corrected chi connectivity index (χ0v) is 17.4. The summed E-state index contributed by atoms with van der Waals surface area (Å²) in [6.07, 6.45) is 1.81. The number of imidazole rings is 1. The van der Waals surface area contributed by atoms with E-state index in [1.807, 2.05) is 37.4 Å². The number of ether oxygens (including phenoxy) is 1. The van der Waals surface area contributed by atoms with Gasteiger partial charge in [-0.05, 0) is 61.0 Å². The van der Waals surface area contributed by atoms with Crippen LogP contribution < -0.4 is 10.1 Å². The van der Waals surface area contributed by atoms with Crippen LogP contribution in [0.3, 0.4) is 0 Å². The quantitative estimate of drug-likeness (QED) is 0.345. The van der Waals surface area contributed by atoms with E-state index in [0.29, 0.717) is 22.9 Å². The second kappa shape index (κ2) is 8.08. The molecule has 156 valence electrons. The third-order valence-corrected chi connectivity index (χ3v) is 5.10. The lowest BCUT2D eigenvalue weighted by Crippen LogP contribution is -2.14. The maximum Gasteiger partial charge on any atom is 0.288 e. The zero-order valence-electron chi connectivity index (χ0n) is 16.6. The molecule has 4 aromatic rings. The number of nitrogens with one attached hydrogen (secondary N) is 1. The number of carbonyl (C=O) groups excluding carboxylic acids is 1. The minimum atomic E-state index is -0.626. The molecule has 2 heterocycles. The van der Waals surface area contributed by atoms with Crippen LogP contribution in [-0.4, -0.2) is 27.3 Å². The summed E-state index contributed by atoms with van der Waals surface area (Å²) in [6, 6.07) is 15.0. The van der Waals surface area contributed by atoms with Gasteiger partial charge in [-0.3, -0.25) is 19.3 Å². The fraction of sp³-hybridized carbons (Fsp3) is 0.0909. The number of amides is 1. The van der Waals surface area contributed by atoms with Crippen LogP contribution in [0.25, 0.3) is 16.9 Å². The minimum absolute atomic E-state index is 0.0363. The molecule has 0 spiro atoms. The average molecular weight is 437 g/mol. The largest absolute Gasteiger partial charge is 0.497 e. The van der Waals surface area contributed by atoms with Gasteiger partial charge in [0.25, 0.3) is 11.6 Å². The third-order valence-electron chi connectivity index (χ3n) is 4.78. The Hall–Kier alpha value is -3.91. The van der Waals surface area contributed by atoms with Crippen LogP contribution in [0.5, 0.6) is 5.75 Å². The monoisotopic (exact) mass is 436 g/mol. The number of hydrogen-bond donors (Lipinski definition) is 1. The van der Waals surface area contributed by atoms with Crippen molar-refractivity contribution < 1.29 is 14.5 Å². The molecule has 0 saturated carbocycles. The second-order valence-electron chi connectivity index (χ2n) is 6.85. The van der Waals surface area contributed by atoms with Crippen LogP contribution in [-0.2, 0) is 0 Å². The Balaban J connectivity index is 1.79. The Kier molecular flexibility index (Phi) is 5.31.